The Morgan fingerprint density at radius 1 is 0.600 bits per heavy atom. The molecule has 0 aromatic heterocycles. The molecule has 0 bridgehead atoms. The van der Waals surface area contributed by atoms with Crippen molar-refractivity contribution in [1.82, 2.24) is 0 Å². The number of rotatable bonds is 21. The zero-order chi connectivity index (χ0) is 22.5. The monoisotopic (exact) mass is 430 g/mol. The first kappa shape index (κ1) is 28.9. The van der Waals surface area contributed by atoms with Crippen LogP contribution in [-0.4, -0.2) is 48.6 Å². The Balaban J connectivity index is 3.55. The number of hydrogen-bond acceptors (Lipinski definition) is 6. The summed E-state index contributed by atoms with van der Waals surface area (Å²) < 4.78 is 10.6. The molecule has 0 saturated carbocycles. The molecule has 0 fully saturated rings. The normalized spacial score (nSPS) is 13.1. The minimum Gasteiger partial charge on any atom is -0.465 e. The second-order valence-corrected chi connectivity index (χ2v) is 8.64. The van der Waals surface area contributed by atoms with Gasteiger partial charge < -0.3 is 19.7 Å². The molecule has 0 aliphatic heterocycles. The maximum absolute atomic E-state index is 11.8. The lowest BCUT2D eigenvalue weighted by Crippen LogP contribution is -2.13. The standard InChI is InChI=1S/C24H46O6/c1-21(13-7-3-5-11-17-25)19-29-23(27)15-9-10-16-24(28)30-20-22(2)14-8-4-6-12-18-26/h21-22,25-26H,3-20H2,1-2H3. The number of aliphatic hydroxyl groups excluding tert-OH is 2. The summed E-state index contributed by atoms with van der Waals surface area (Å²) in [6.45, 7) is 5.61. The maximum Gasteiger partial charge on any atom is 0.305 e. The SMILES string of the molecule is CC(CCCCCCO)COC(=O)CCCCC(=O)OCC(C)CCCCCCO. The molecule has 0 aliphatic rings. The van der Waals surface area contributed by atoms with Gasteiger partial charge in [-0.25, -0.2) is 0 Å². The van der Waals surface area contributed by atoms with E-state index in [0.29, 0.717) is 50.7 Å². The third kappa shape index (κ3) is 20.1. The summed E-state index contributed by atoms with van der Waals surface area (Å²) in [5, 5.41) is 17.5. The van der Waals surface area contributed by atoms with Crippen molar-refractivity contribution in [3.63, 3.8) is 0 Å². The lowest BCUT2D eigenvalue weighted by atomic mass is 10.0. The van der Waals surface area contributed by atoms with Crippen LogP contribution in [0.1, 0.15) is 104 Å². The van der Waals surface area contributed by atoms with Gasteiger partial charge in [-0.3, -0.25) is 9.59 Å². The number of carbonyl (C=O) groups excluding carboxylic acids is 2. The van der Waals surface area contributed by atoms with E-state index in [1.54, 1.807) is 0 Å². The number of unbranched alkanes of at least 4 members (excludes halogenated alkanes) is 7. The van der Waals surface area contributed by atoms with Crippen LogP contribution in [0.4, 0.5) is 0 Å². The molecule has 0 saturated heterocycles. The molecule has 2 unspecified atom stereocenters. The van der Waals surface area contributed by atoms with Crippen molar-refractivity contribution in [3.05, 3.63) is 0 Å². The van der Waals surface area contributed by atoms with Crippen molar-refractivity contribution in [1.29, 1.82) is 0 Å². The molecule has 30 heavy (non-hydrogen) atoms. The van der Waals surface area contributed by atoms with E-state index >= 15 is 0 Å². The van der Waals surface area contributed by atoms with Crippen molar-refractivity contribution in [2.75, 3.05) is 26.4 Å². The predicted molar refractivity (Wildman–Crippen MR) is 119 cm³/mol. The zero-order valence-electron chi connectivity index (χ0n) is 19.4. The first-order chi connectivity index (χ1) is 14.5. The van der Waals surface area contributed by atoms with E-state index in [2.05, 4.69) is 13.8 Å². The first-order valence-electron chi connectivity index (χ1n) is 12.0. The largest absolute Gasteiger partial charge is 0.465 e. The van der Waals surface area contributed by atoms with Gasteiger partial charge in [0.25, 0.3) is 0 Å². The van der Waals surface area contributed by atoms with Crippen LogP contribution < -0.4 is 0 Å². The fraction of sp³-hybridized carbons (Fsp3) is 0.917. The van der Waals surface area contributed by atoms with E-state index in [1.165, 1.54) is 0 Å². The van der Waals surface area contributed by atoms with Gasteiger partial charge in [0.15, 0.2) is 0 Å². The van der Waals surface area contributed by atoms with Crippen LogP contribution in [0, 0.1) is 11.8 Å². The van der Waals surface area contributed by atoms with E-state index in [1.807, 2.05) is 0 Å². The average molecular weight is 431 g/mol. The molecule has 0 aromatic rings. The third-order valence-electron chi connectivity index (χ3n) is 5.28. The van der Waals surface area contributed by atoms with Gasteiger partial charge in [0.05, 0.1) is 13.2 Å². The Bertz CT molecular complexity index is 375. The van der Waals surface area contributed by atoms with Gasteiger partial charge in [-0.2, -0.15) is 0 Å². The van der Waals surface area contributed by atoms with E-state index < -0.39 is 0 Å². The van der Waals surface area contributed by atoms with E-state index in [9.17, 15) is 9.59 Å². The highest BCUT2D eigenvalue weighted by atomic mass is 16.5. The molecule has 6 heteroatoms. The second-order valence-electron chi connectivity index (χ2n) is 8.64. The van der Waals surface area contributed by atoms with Crippen LogP contribution in [0.2, 0.25) is 0 Å². The van der Waals surface area contributed by atoms with E-state index in [-0.39, 0.29) is 25.2 Å². The Kier molecular flexibility index (Phi) is 20.3. The van der Waals surface area contributed by atoms with Gasteiger partial charge in [0, 0.05) is 26.1 Å². The van der Waals surface area contributed by atoms with E-state index in [4.69, 9.17) is 19.7 Å². The van der Waals surface area contributed by atoms with Gasteiger partial charge in [0.1, 0.15) is 0 Å². The van der Waals surface area contributed by atoms with Crippen molar-refractivity contribution in [2.45, 2.75) is 104 Å². The molecule has 0 radical (unpaired) electrons. The average Bonchev–Trinajstić information content (AvgIpc) is 2.73. The molecule has 0 amide bonds. The lowest BCUT2D eigenvalue weighted by molar-refractivity contribution is -0.147. The van der Waals surface area contributed by atoms with Gasteiger partial charge in [-0.05, 0) is 50.4 Å². The van der Waals surface area contributed by atoms with Crippen LogP contribution in [0.25, 0.3) is 0 Å². The molecule has 178 valence electrons. The molecule has 0 rings (SSSR count). The molecule has 2 atom stereocenters. The van der Waals surface area contributed by atoms with Crippen molar-refractivity contribution in [3.8, 4) is 0 Å². The molecule has 0 aliphatic carbocycles. The third-order valence-corrected chi connectivity index (χ3v) is 5.28. The van der Waals surface area contributed by atoms with Gasteiger partial charge in [-0.15, -0.1) is 0 Å². The lowest BCUT2D eigenvalue weighted by Gasteiger charge is -2.12. The highest BCUT2D eigenvalue weighted by Gasteiger charge is 2.10. The number of hydrogen-bond donors (Lipinski definition) is 2. The number of aliphatic hydroxyl groups is 2. The fourth-order valence-corrected chi connectivity index (χ4v) is 3.24. The van der Waals surface area contributed by atoms with Crippen LogP contribution in [0.15, 0.2) is 0 Å². The smallest absolute Gasteiger partial charge is 0.305 e. The molecule has 0 spiro atoms. The number of esters is 2. The maximum atomic E-state index is 11.8. The second kappa shape index (κ2) is 21.1. The summed E-state index contributed by atoms with van der Waals surface area (Å²) in [5.74, 6) is 0.333. The Labute approximate surface area is 183 Å². The quantitative estimate of drug-likeness (QED) is 0.201. The molecular formula is C24H46O6. The summed E-state index contributed by atoms with van der Waals surface area (Å²) in [5.41, 5.74) is 0. The minimum absolute atomic E-state index is 0.190. The Hall–Kier alpha value is -1.14. The van der Waals surface area contributed by atoms with Crippen LogP contribution in [0.3, 0.4) is 0 Å². The number of carbonyl (C=O) groups is 2. The molecule has 2 N–H and O–H groups in total. The summed E-state index contributed by atoms with van der Waals surface area (Å²) >= 11 is 0. The summed E-state index contributed by atoms with van der Waals surface area (Å²) in [4.78, 5) is 23.6. The minimum atomic E-state index is -0.190. The van der Waals surface area contributed by atoms with Crippen molar-refractivity contribution in [2.24, 2.45) is 11.8 Å². The van der Waals surface area contributed by atoms with Crippen LogP contribution in [-0.2, 0) is 19.1 Å². The van der Waals surface area contributed by atoms with Gasteiger partial charge in [-0.1, -0.05) is 52.4 Å². The summed E-state index contributed by atoms with van der Waals surface area (Å²) in [6, 6.07) is 0. The van der Waals surface area contributed by atoms with E-state index in [0.717, 1.165) is 64.2 Å². The fourth-order valence-electron chi connectivity index (χ4n) is 3.24. The predicted octanol–water partition coefficient (Wildman–Crippen LogP) is 4.79. The molecule has 0 aromatic carbocycles. The number of ether oxygens (including phenoxy) is 2. The summed E-state index contributed by atoms with van der Waals surface area (Å²) in [7, 11) is 0. The molecular weight excluding hydrogens is 384 g/mol. The molecule has 6 nitrogen and oxygen atoms in total. The highest BCUT2D eigenvalue weighted by Crippen LogP contribution is 2.13. The first-order valence-corrected chi connectivity index (χ1v) is 12.0. The van der Waals surface area contributed by atoms with Crippen molar-refractivity contribution < 1.29 is 29.3 Å². The zero-order valence-corrected chi connectivity index (χ0v) is 19.4. The topological polar surface area (TPSA) is 93.1 Å². The van der Waals surface area contributed by atoms with Crippen molar-refractivity contribution >= 4 is 11.9 Å². The van der Waals surface area contributed by atoms with Crippen LogP contribution >= 0.6 is 0 Å². The summed E-state index contributed by atoms with van der Waals surface area (Å²) in [6.07, 6.45) is 12.3. The Morgan fingerprint density at radius 3 is 1.33 bits per heavy atom. The van der Waals surface area contributed by atoms with Gasteiger partial charge in [0.2, 0.25) is 0 Å². The van der Waals surface area contributed by atoms with Crippen LogP contribution in [0.5, 0.6) is 0 Å². The molecule has 0 heterocycles. The highest BCUT2D eigenvalue weighted by molar-refractivity contribution is 5.70. The Morgan fingerprint density at radius 2 is 0.967 bits per heavy atom. The van der Waals surface area contributed by atoms with Gasteiger partial charge >= 0.3 is 11.9 Å².